The number of sulfonamides is 1. The van der Waals surface area contributed by atoms with Crippen LogP contribution in [0.25, 0.3) is 0 Å². The van der Waals surface area contributed by atoms with Crippen molar-refractivity contribution < 1.29 is 18.6 Å². The molecule has 0 fully saturated rings. The molecule has 0 radical (unpaired) electrons. The van der Waals surface area contributed by atoms with Crippen LogP contribution in [0.4, 0.5) is 0 Å². The van der Waals surface area contributed by atoms with Crippen molar-refractivity contribution in [1.29, 1.82) is 0 Å². The van der Waals surface area contributed by atoms with Gasteiger partial charge >= 0.3 is 0 Å². The Morgan fingerprint density at radius 1 is 1.09 bits per heavy atom. The van der Waals surface area contributed by atoms with Crippen LogP contribution in [0.1, 0.15) is 39.7 Å². The molecular weight excluding hydrogens is 314 g/mol. The number of hydrogen-bond acceptors (Lipinski definition) is 4. The van der Waals surface area contributed by atoms with Gasteiger partial charge in [-0.1, -0.05) is 17.7 Å². The van der Waals surface area contributed by atoms with Crippen molar-refractivity contribution in [1.82, 2.24) is 4.31 Å². The van der Waals surface area contributed by atoms with Gasteiger partial charge in [0.2, 0.25) is 0 Å². The Balaban J connectivity index is 3.15. The van der Waals surface area contributed by atoms with Gasteiger partial charge in [0, 0.05) is 12.7 Å². The first-order valence-electron chi connectivity index (χ1n) is 7.54. The summed E-state index contributed by atoms with van der Waals surface area (Å²) in [6.45, 7) is 8.39. The lowest BCUT2D eigenvalue weighted by molar-refractivity contribution is 0.0678. The van der Waals surface area contributed by atoms with Gasteiger partial charge in [0.1, 0.15) is 0 Å². The highest BCUT2D eigenvalue weighted by atomic mass is 32.2. The summed E-state index contributed by atoms with van der Waals surface area (Å²) in [6.07, 6.45) is 3.05. The van der Waals surface area contributed by atoms with E-state index < -0.39 is 21.2 Å². The number of nitrogens with zero attached hydrogens (tertiary/aromatic N) is 1. The molecule has 6 heteroatoms. The Morgan fingerprint density at radius 2 is 1.61 bits per heavy atom. The third kappa shape index (κ3) is 6.72. The van der Waals surface area contributed by atoms with Crippen LogP contribution < -0.4 is 0 Å². The molecule has 0 saturated heterocycles. The van der Waals surface area contributed by atoms with E-state index in [4.69, 9.17) is 0 Å². The molecule has 1 aromatic rings. The van der Waals surface area contributed by atoms with Crippen molar-refractivity contribution >= 4 is 10.0 Å². The lowest BCUT2D eigenvalue weighted by Gasteiger charge is -2.25. The zero-order valence-corrected chi connectivity index (χ0v) is 15.3. The van der Waals surface area contributed by atoms with Crippen LogP contribution in [0.3, 0.4) is 0 Å². The fourth-order valence-electron chi connectivity index (χ4n) is 1.77. The first-order valence-corrected chi connectivity index (χ1v) is 8.98. The molecule has 5 nitrogen and oxygen atoms in total. The number of aryl methyl sites for hydroxylation is 1. The van der Waals surface area contributed by atoms with E-state index in [1.807, 2.05) is 6.92 Å². The van der Waals surface area contributed by atoms with E-state index in [1.165, 1.54) is 12.3 Å². The normalized spacial score (nSPS) is 13.5. The summed E-state index contributed by atoms with van der Waals surface area (Å²) in [5.41, 5.74) is -1.14. The van der Waals surface area contributed by atoms with Gasteiger partial charge in [-0.2, -0.15) is 0 Å². The summed E-state index contributed by atoms with van der Waals surface area (Å²) < 4.78 is 26.7. The van der Waals surface area contributed by atoms with E-state index in [-0.39, 0.29) is 17.9 Å². The molecule has 0 aliphatic heterocycles. The zero-order chi connectivity index (χ0) is 17.9. The zero-order valence-electron chi connectivity index (χ0n) is 14.4. The second-order valence-electron chi connectivity index (χ2n) is 6.96. The van der Waals surface area contributed by atoms with Gasteiger partial charge in [-0.25, -0.2) is 8.42 Å². The molecule has 0 amide bonds. The third-order valence-corrected chi connectivity index (χ3v) is 5.01. The molecule has 0 aromatic heterocycles. The quantitative estimate of drug-likeness (QED) is 0.798. The van der Waals surface area contributed by atoms with Gasteiger partial charge in [-0.05, 0) is 59.2 Å². The van der Waals surface area contributed by atoms with Crippen molar-refractivity contribution in [2.45, 2.75) is 57.1 Å². The maximum Gasteiger partial charge on any atom is 0.263 e. The monoisotopic (exact) mass is 341 g/mol. The molecule has 0 aliphatic rings. The second kappa shape index (κ2) is 7.03. The molecule has 0 unspecified atom stereocenters. The first kappa shape index (κ1) is 19.7. The van der Waals surface area contributed by atoms with Crippen LogP contribution in [-0.2, 0) is 10.0 Å². The second-order valence-corrected chi connectivity index (χ2v) is 8.85. The Bertz CT molecular complexity index is 635. The van der Waals surface area contributed by atoms with Gasteiger partial charge in [0.15, 0.2) is 0 Å². The van der Waals surface area contributed by atoms with E-state index in [1.54, 1.807) is 52.0 Å². The van der Waals surface area contributed by atoms with E-state index >= 15 is 0 Å². The SMILES string of the molecule is Cc1ccc(S(=O)(=O)N(/C=C/C(C)(C)O)CCC(C)(C)O)cc1. The van der Waals surface area contributed by atoms with E-state index in [0.717, 1.165) is 9.87 Å². The first-order chi connectivity index (χ1) is 10.3. The molecule has 0 atom stereocenters. The van der Waals surface area contributed by atoms with Crippen molar-refractivity contribution in [3.05, 3.63) is 42.1 Å². The average molecular weight is 341 g/mol. The minimum atomic E-state index is -3.74. The maximum atomic E-state index is 12.8. The molecule has 1 aromatic carbocycles. The number of rotatable bonds is 7. The van der Waals surface area contributed by atoms with E-state index in [0.29, 0.717) is 0 Å². The highest BCUT2D eigenvalue weighted by Crippen LogP contribution is 2.20. The van der Waals surface area contributed by atoms with Gasteiger partial charge in [-0.3, -0.25) is 4.31 Å². The van der Waals surface area contributed by atoms with Crippen LogP contribution in [0, 0.1) is 6.92 Å². The lowest BCUT2D eigenvalue weighted by Crippen LogP contribution is -2.33. The standard InChI is InChI=1S/C17H27NO4S/c1-14-6-8-15(9-7-14)23(21,22)18(12-10-16(2,3)19)13-11-17(4,5)20/h6-10,12,19-20H,11,13H2,1-5H3/b12-10+. The Hall–Kier alpha value is -1.37. The van der Waals surface area contributed by atoms with Gasteiger partial charge in [-0.15, -0.1) is 0 Å². The van der Waals surface area contributed by atoms with Crippen LogP contribution in [0.2, 0.25) is 0 Å². The number of aliphatic hydroxyl groups is 2. The Morgan fingerprint density at radius 3 is 2.04 bits per heavy atom. The van der Waals surface area contributed by atoms with Crippen LogP contribution in [0.5, 0.6) is 0 Å². The highest BCUT2D eigenvalue weighted by molar-refractivity contribution is 7.89. The van der Waals surface area contributed by atoms with Crippen molar-refractivity contribution in [2.24, 2.45) is 0 Å². The smallest absolute Gasteiger partial charge is 0.263 e. The molecule has 0 spiro atoms. The molecule has 130 valence electrons. The minimum Gasteiger partial charge on any atom is -0.390 e. The minimum absolute atomic E-state index is 0.117. The molecular formula is C17H27NO4S. The fourth-order valence-corrected chi connectivity index (χ4v) is 3.07. The molecule has 2 N–H and O–H groups in total. The third-order valence-electron chi connectivity index (χ3n) is 3.22. The van der Waals surface area contributed by atoms with Crippen LogP contribution in [0.15, 0.2) is 41.4 Å². The van der Waals surface area contributed by atoms with Crippen LogP contribution >= 0.6 is 0 Å². The van der Waals surface area contributed by atoms with E-state index in [9.17, 15) is 18.6 Å². The molecule has 0 aliphatic carbocycles. The molecule has 1 rings (SSSR count). The maximum absolute atomic E-state index is 12.8. The molecule has 0 heterocycles. The van der Waals surface area contributed by atoms with Gasteiger partial charge in [0.05, 0.1) is 16.1 Å². The summed E-state index contributed by atoms with van der Waals surface area (Å²) in [7, 11) is -3.74. The van der Waals surface area contributed by atoms with Gasteiger partial charge < -0.3 is 10.2 Å². The van der Waals surface area contributed by atoms with Gasteiger partial charge in [0.25, 0.3) is 10.0 Å². The Labute approximate surface area is 139 Å². The topological polar surface area (TPSA) is 77.8 Å². The fraction of sp³-hybridized carbons (Fsp3) is 0.529. The summed E-state index contributed by atoms with van der Waals surface area (Å²) in [4.78, 5) is 0.180. The van der Waals surface area contributed by atoms with E-state index in [2.05, 4.69) is 0 Å². The summed E-state index contributed by atoms with van der Waals surface area (Å²) in [5.74, 6) is 0. The lowest BCUT2D eigenvalue weighted by atomic mass is 10.1. The average Bonchev–Trinajstić information content (AvgIpc) is 2.36. The molecule has 0 bridgehead atoms. The predicted octanol–water partition coefficient (Wildman–Crippen LogP) is 2.43. The largest absolute Gasteiger partial charge is 0.390 e. The number of benzene rings is 1. The summed E-state index contributed by atoms with van der Waals surface area (Å²) >= 11 is 0. The number of hydrogen-bond donors (Lipinski definition) is 2. The van der Waals surface area contributed by atoms with Crippen molar-refractivity contribution in [2.75, 3.05) is 6.54 Å². The molecule has 0 saturated carbocycles. The van der Waals surface area contributed by atoms with Crippen molar-refractivity contribution in [3.63, 3.8) is 0 Å². The summed E-state index contributed by atoms with van der Waals surface area (Å²) in [6, 6.07) is 6.58. The highest BCUT2D eigenvalue weighted by Gasteiger charge is 2.24. The summed E-state index contributed by atoms with van der Waals surface area (Å²) in [5, 5.41) is 19.7. The van der Waals surface area contributed by atoms with Crippen molar-refractivity contribution in [3.8, 4) is 0 Å². The molecule has 23 heavy (non-hydrogen) atoms. The Kier molecular flexibility index (Phi) is 6.01. The van der Waals surface area contributed by atoms with Crippen LogP contribution in [-0.4, -0.2) is 40.7 Å². The predicted molar refractivity (Wildman–Crippen MR) is 91.4 cm³/mol.